The van der Waals surface area contributed by atoms with Gasteiger partial charge in [0.2, 0.25) is 0 Å². The number of β-amino-alcohol motifs (C(OH)–C–C–N with tert-alkyl or cyclic N) is 1. The Hall–Kier alpha value is -0.900. The van der Waals surface area contributed by atoms with Gasteiger partial charge >= 0.3 is 0 Å². The molecule has 1 unspecified atom stereocenters. The molecule has 1 atom stereocenters. The maximum atomic E-state index is 10.7. The van der Waals surface area contributed by atoms with Crippen molar-refractivity contribution in [2.24, 2.45) is 0 Å². The Bertz CT molecular complexity index is 378. The predicted molar refractivity (Wildman–Crippen MR) is 79.3 cm³/mol. The van der Waals surface area contributed by atoms with Gasteiger partial charge in [0.05, 0.1) is 5.60 Å². The summed E-state index contributed by atoms with van der Waals surface area (Å²) in [5, 5.41) is 14.1. The molecular formula is C16H26N2O. The van der Waals surface area contributed by atoms with E-state index in [4.69, 9.17) is 0 Å². The van der Waals surface area contributed by atoms with Crippen LogP contribution in [-0.4, -0.2) is 42.7 Å². The predicted octanol–water partition coefficient (Wildman–Crippen LogP) is 1.75. The van der Waals surface area contributed by atoms with Gasteiger partial charge in [-0.05, 0) is 44.0 Å². The summed E-state index contributed by atoms with van der Waals surface area (Å²) >= 11 is 0. The summed E-state index contributed by atoms with van der Waals surface area (Å²) in [6.45, 7) is 8.97. The van der Waals surface area contributed by atoms with Crippen LogP contribution in [0.2, 0.25) is 0 Å². The second-order valence-electron chi connectivity index (χ2n) is 5.70. The first-order chi connectivity index (χ1) is 9.12. The summed E-state index contributed by atoms with van der Waals surface area (Å²) in [4.78, 5) is 2.35. The normalized spacial score (nSPS) is 20.8. The van der Waals surface area contributed by atoms with Crippen molar-refractivity contribution >= 4 is 0 Å². The van der Waals surface area contributed by atoms with E-state index in [1.807, 2.05) is 6.92 Å². The van der Waals surface area contributed by atoms with Gasteiger partial charge in [-0.3, -0.25) is 4.90 Å². The number of rotatable bonds is 4. The Morgan fingerprint density at radius 3 is 2.63 bits per heavy atom. The first-order valence-corrected chi connectivity index (χ1v) is 7.36. The van der Waals surface area contributed by atoms with Crippen LogP contribution in [0.25, 0.3) is 0 Å². The van der Waals surface area contributed by atoms with Crippen molar-refractivity contribution in [3.63, 3.8) is 0 Å². The third-order valence-corrected chi connectivity index (χ3v) is 3.95. The number of aliphatic hydroxyl groups is 1. The van der Waals surface area contributed by atoms with Gasteiger partial charge in [-0.25, -0.2) is 0 Å². The Morgan fingerprint density at radius 2 is 1.95 bits per heavy atom. The van der Waals surface area contributed by atoms with E-state index in [1.165, 1.54) is 5.56 Å². The van der Waals surface area contributed by atoms with Gasteiger partial charge in [-0.1, -0.05) is 31.2 Å². The van der Waals surface area contributed by atoms with E-state index in [0.717, 1.165) is 44.6 Å². The maximum Gasteiger partial charge on any atom is 0.0994 e. The van der Waals surface area contributed by atoms with Crippen molar-refractivity contribution in [2.75, 3.05) is 32.7 Å². The van der Waals surface area contributed by atoms with Crippen LogP contribution in [-0.2, 0) is 12.0 Å². The summed E-state index contributed by atoms with van der Waals surface area (Å²) in [5.74, 6) is 0. The average molecular weight is 262 g/mol. The summed E-state index contributed by atoms with van der Waals surface area (Å²) in [7, 11) is 0. The zero-order valence-electron chi connectivity index (χ0n) is 12.2. The van der Waals surface area contributed by atoms with Crippen LogP contribution in [0.15, 0.2) is 24.3 Å². The highest BCUT2D eigenvalue weighted by Crippen LogP contribution is 2.22. The van der Waals surface area contributed by atoms with E-state index in [9.17, 15) is 5.11 Å². The van der Waals surface area contributed by atoms with Crippen molar-refractivity contribution in [3.8, 4) is 0 Å². The Balaban J connectivity index is 2.02. The highest BCUT2D eigenvalue weighted by Gasteiger charge is 2.26. The third kappa shape index (κ3) is 4.03. The lowest BCUT2D eigenvalue weighted by Crippen LogP contribution is -2.40. The molecule has 3 heteroatoms. The van der Waals surface area contributed by atoms with Crippen LogP contribution < -0.4 is 5.32 Å². The highest BCUT2D eigenvalue weighted by molar-refractivity contribution is 5.27. The number of aryl methyl sites for hydroxylation is 1. The molecule has 0 saturated carbocycles. The SMILES string of the molecule is CCc1ccc(C(C)(O)CN2CCCNCC2)cc1. The Kier molecular flexibility index (Phi) is 4.97. The molecule has 1 aromatic carbocycles. The first-order valence-electron chi connectivity index (χ1n) is 7.36. The fourth-order valence-corrected chi connectivity index (χ4v) is 2.69. The fourth-order valence-electron chi connectivity index (χ4n) is 2.69. The molecule has 1 saturated heterocycles. The van der Waals surface area contributed by atoms with Gasteiger partial charge < -0.3 is 10.4 Å². The molecule has 1 aromatic rings. The minimum absolute atomic E-state index is 0.708. The van der Waals surface area contributed by atoms with E-state index in [2.05, 4.69) is 41.4 Å². The van der Waals surface area contributed by atoms with Crippen LogP contribution in [0.1, 0.15) is 31.4 Å². The molecule has 1 heterocycles. The van der Waals surface area contributed by atoms with Gasteiger partial charge in [0.15, 0.2) is 0 Å². The molecule has 1 aliphatic heterocycles. The van der Waals surface area contributed by atoms with Crippen LogP contribution >= 0.6 is 0 Å². The Labute approximate surface area is 116 Å². The standard InChI is InChI=1S/C16H26N2O/c1-3-14-5-7-15(8-6-14)16(2,19)13-18-11-4-9-17-10-12-18/h5-8,17,19H,3-4,9-13H2,1-2H3. The molecule has 0 spiro atoms. The minimum atomic E-state index is -0.767. The lowest BCUT2D eigenvalue weighted by atomic mass is 9.94. The maximum absolute atomic E-state index is 10.7. The van der Waals surface area contributed by atoms with Gasteiger partial charge in [-0.15, -0.1) is 0 Å². The van der Waals surface area contributed by atoms with Crippen molar-refractivity contribution in [3.05, 3.63) is 35.4 Å². The molecule has 2 rings (SSSR count). The topological polar surface area (TPSA) is 35.5 Å². The summed E-state index contributed by atoms with van der Waals surface area (Å²) in [6.07, 6.45) is 2.20. The van der Waals surface area contributed by atoms with Gasteiger partial charge in [-0.2, -0.15) is 0 Å². The monoisotopic (exact) mass is 262 g/mol. The molecule has 0 amide bonds. The van der Waals surface area contributed by atoms with Crippen molar-refractivity contribution < 1.29 is 5.11 Å². The lowest BCUT2D eigenvalue weighted by molar-refractivity contribution is 0.0177. The van der Waals surface area contributed by atoms with Crippen molar-refractivity contribution in [2.45, 2.75) is 32.3 Å². The molecule has 0 bridgehead atoms. The van der Waals surface area contributed by atoms with Crippen molar-refractivity contribution in [1.82, 2.24) is 10.2 Å². The number of benzene rings is 1. The van der Waals surface area contributed by atoms with E-state index >= 15 is 0 Å². The molecule has 1 fully saturated rings. The Morgan fingerprint density at radius 1 is 1.21 bits per heavy atom. The number of nitrogens with one attached hydrogen (secondary N) is 1. The third-order valence-electron chi connectivity index (χ3n) is 3.95. The first kappa shape index (κ1) is 14.5. The molecule has 2 N–H and O–H groups in total. The quantitative estimate of drug-likeness (QED) is 0.868. The highest BCUT2D eigenvalue weighted by atomic mass is 16.3. The summed E-state index contributed by atoms with van der Waals surface area (Å²) < 4.78 is 0. The summed E-state index contributed by atoms with van der Waals surface area (Å²) in [6, 6.07) is 8.37. The smallest absolute Gasteiger partial charge is 0.0994 e. The van der Waals surface area contributed by atoms with Crippen LogP contribution in [0.3, 0.4) is 0 Å². The zero-order valence-corrected chi connectivity index (χ0v) is 12.2. The van der Waals surface area contributed by atoms with Gasteiger partial charge in [0.25, 0.3) is 0 Å². The van der Waals surface area contributed by atoms with Crippen LogP contribution in [0.5, 0.6) is 0 Å². The molecule has 106 valence electrons. The summed E-state index contributed by atoms with van der Waals surface area (Å²) in [5.41, 5.74) is 1.57. The van der Waals surface area contributed by atoms with Crippen LogP contribution in [0.4, 0.5) is 0 Å². The average Bonchev–Trinajstić information content (AvgIpc) is 2.67. The minimum Gasteiger partial charge on any atom is -0.384 e. The van der Waals surface area contributed by atoms with E-state index < -0.39 is 5.60 Å². The molecular weight excluding hydrogens is 236 g/mol. The zero-order chi connectivity index (χ0) is 13.7. The van der Waals surface area contributed by atoms with E-state index in [0.29, 0.717) is 6.54 Å². The van der Waals surface area contributed by atoms with E-state index in [-0.39, 0.29) is 0 Å². The molecule has 0 radical (unpaired) electrons. The molecule has 0 aliphatic carbocycles. The molecule has 3 nitrogen and oxygen atoms in total. The fraction of sp³-hybridized carbons (Fsp3) is 0.625. The number of nitrogens with zero attached hydrogens (tertiary/aromatic N) is 1. The van der Waals surface area contributed by atoms with Gasteiger partial charge in [0.1, 0.15) is 0 Å². The molecule has 19 heavy (non-hydrogen) atoms. The number of hydrogen-bond donors (Lipinski definition) is 2. The van der Waals surface area contributed by atoms with E-state index in [1.54, 1.807) is 0 Å². The largest absolute Gasteiger partial charge is 0.384 e. The second-order valence-corrected chi connectivity index (χ2v) is 5.70. The lowest BCUT2D eigenvalue weighted by Gasteiger charge is -2.31. The molecule has 1 aliphatic rings. The second kappa shape index (κ2) is 6.51. The van der Waals surface area contributed by atoms with Crippen LogP contribution in [0, 0.1) is 0 Å². The number of hydrogen-bond acceptors (Lipinski definition) is 3. The molecule has 0 aromatic heterocycles. The van der Waals surface area contributed by atoms with Gasteiger partial charge in [0, 0.05) is 19.6 Å². The van der Waals surface area contributed by atoms with Crippen molar-refractivity contribution in [1.29, 1.82) is 0 Å².